The average molecular weight is 410 g/mol. The molecule has 2 amide bonds. The van der Waals surface area contributed by atoms with Gasteiger partial charge in [-0.2, -0.15) is 0 Å². The molecule has 2 saturated heterocycles. The molecule has 2 aliphatic heterocycles. The van der Waals surface area contributed by atoms with Crippen molar-refractivity contribution < 1.29 is 54.4 Å². The number of hydrogen-bond acceptors (Lipinski definition) is 11. The van der Waals surface area contributed by atoms with E-state index in [0.717, 1.165) is 6.92 Å². The van der Waals surface area contributed by atoms with Crippen molar-refractivity contribution in [2.75, 3.05) is 13.2 Å². The third-order valence-electron chi connectivity index (χ3n) is 4.60. The molecule has 0 bridgehead atoms. The summed E-state index contributed by atoms with van der Waals surface area (Å²) in [6.07, 6.45) is -13.2. The molecule has 8 N–H and O–H groups in total. The van der Waals surface area contributed by atoms with Crippen molar-refractivity contribution in [3.63, 3.8) is 0 Å². The molecule has 13 heteroatoms. The van der Waals surface area contributed by atoms with Crippen LogP contribution in [0.15, 0.2) is 0 Å². The molecule has 0 aromatic carbocycles. The first-order valence-corrected chi connectivity index (χ1v) is 8.63. The van der Waals surface area contributed by atoms with Gasteiger partial charge in [0.05, 0.1) is 6.61 Å². The fourth-order valence-electron chi connectivity index (χ4n) is 3.16. The van der Waals surface area contributed by atoms with Crippen LogP contribution in [0, 0.1) is 0 Å². The average Bonchev–Trinajstić information content (AvgIpc) is 2.65. The zero-order valence-electron chi connectivity index (χ0n) is 15.0. The summed E-state index contributed by atoms with van der Waals surface area (Å²) in [4.78, 5) is 21.9. The molecule has 13 nitrogen and oxygen atoms in total. The van der Waals surface area contributed by atoms with Gasteiger partial charge in [0.2, 0.25) is 12.3 Å². The highest BCUT2D eigenvalue weighted by Crippen LogP contribution is 2.28. The largest absolute Gasteiger partial charge is 0.394 e. The maximum atomic E-state index is 11.3. The highest BCUT2D eigenvalue weighted by Gasteiger charge is 2.50. The Balaban J connectivity index is 2.20. The molecule has 0 saturated carbocycles. The molecule has 0 radical (unpaired) electrons. The SMILES string of the molecule is CC(=O)N[C@H]1[C@@H](O)[C@H](O[C@@H]2O[C@@H](CO)[C@H](O)[C@H](O)[C@@H]2O)[C@H](CNC=O)O[C@H]1O. The molecule has 0 unspecified atom stereocenters. The van der Waals surface area contributed by atoms with Crippen LogP contribution in [-0.4, -0.2) is 117 Å². The minimum Gasteiger partial charge on any atom is -0.394 e. The lowest BCUT2D eigenvalue weighted by Gasteiger charge is -2.46. The predicted molar refractivity (Wildman–Crippen MR) is 87.2 cm³/mol. The van der Waals surface area contributed by atoms with Crippen LogP contribution in [0.1, 0.15) is 6.92 Å². The van der Waals surface area contributed by atoms with Gasteiger partial charge in [0, 0.05) is 13.5 Å². The second-order valence-electron chi connectivity index (χ2n) is 6.61. The summed E-state index contributed by atoms with van der Waals surface area (Å²) in [6.45, 7) is 0.275. The van der Waals surface area contributed by atoms with E-state index in [0.29, 0.717) is 6.41 Å². The Hall–Kier alpha value is -1.42. The zero-order valence-corrected chi connectivity index (χ0v) is 15.0. The highest BCUT2D eigenvalue weighted by atomic mass is 16.7. The number of carbonyl (C=O) groups is 2. The fraction of sp³-hybridized carbons (Fsp3) is 0.867. The predicted octanol–water partition coefficient (Wildman–Crippen LogP) is -5.50. The number of aliphatic hydroxyl groups excluding tert-OH is 6. The summed E-state index contributed by atoms with van der Waals surface area (Å²) in [5.41, 5.74) is 0. The molecule has 0 spiro atoms. The molecule has 0 aromatic heterocycles. The molecule has 0 aromatic rings. The van der Waals surface area contributed by atoms with Gasteiger partial charge in [0.1, 0.15) is 48.8 Å². The smallest absolute Gasteiger partial charge is 0.217 e. The minimum absolute atomic E-state index is 0.202. The molecule has 0 aliphatic carbocycles. The van der Waals surface area contributed by atoms with Crippen molar-refractivity contribution in [3.05, 3.63) is 0 Å². The van der Waals surface area contributed by atoms with Crippen LogP contribution < -0.4 is 10.6 Å². The van der Waals surface area contributed by atoms with E-state index in [2.05, 4.69) is 10.6 Å². The number of carbonyl (C=O) groups excluding carboxylic acids is 2. The number of nitrogens with one attached hydrogen (secondary N) is 2. The maximum Gasteiger partial charge on any atom is 0.217 e. The van der Waals surface area contributed by atoms with E-state index in [9.17, 15) is 40.2 Å². The first kappa shape index (κ1) is 22.9. The van der Waals surface area contributed by atoms with Gasteiger partial charge >= 0.3 is 0 Å². The second-order valence-corrected chi connectivity index (χ2v) is 6.61. The number of aliphatic hydroxyl groups is 6. The lowest BCUT2D eigenvalue weighted by atomic mass is 9.95. The summed E-state index contributed by atoms with van der Waals surface area (Å²) >= 11 is 0. The summed E-state index contributed by atoms with van der Waals surface area (Å²) < 4.78 is 16.1. The van der Waals surface area contributed by atoms with E-state index in [1.165, 1.54) is 0 Å². The lowest BCUT2D eigenvalue weighted by molar-refractivity contribution is -0.342. The molecule has 2 fully saturated rings. The third-order valence-corrected chi connectivity index (χ3v) is 4.60. The van der Waals surface area contributed by atoms with Crippen molar-refractivity contribution in [2.45, 2.75) is 68.3 Å². The van der Waals surface area contributed by atoms with Crippen LogP contribution in [0.2, 0.25) is 0 Å². The zero-order chi connectivity index (χ0) is 21.0. The molecule has 28 heavy (non-hydrogen) atoms. The first-order chi connectivity index (χ1) is 13.2. The minimum atomic E-state index is -1.74. The number of amides is 2. The normalized spacial score (nSPS) is 44.0. The second kappa shape index (κ2) is 9.87. The van der Waals surface area contributed by atoms with Gasteiger partial charge in [0.15, 0.2) is 12.6 Å². The van der Waals surface area contributed by atoms with Gasteiger partial charge in [-0.25, -0.2) is 0 Å². The Morgan fingerprint density at radius 1 is 1.04 bits per heavy atom. The van der Waals surface area contributed by atoms with Gasteiger partial charge in [-0.15, -0.1) is 0 Å². The third kappa shape index (κ3) is 4.94. The van der Waals surface area contributed by atoms with E-state index >= 15 is 0 Å². The van der Waals surface area contributed by atoms with E-state index < -0.39 is 73.9 Å². The number of rotatable bonds is 7. The Kier molecular flexibility index (Phi) is 8.06. The van der Waals surface area contributed by atoms with Gasteiger partial charge in [-0.1, -0.05) is 0 Å². The quantitative estimate of drug-likeness (QED) is 0.186. The molecule has 2 heterocycles. The molecular weight excluding hydrogens is 384 g/mol. The van der Waals surface area contributed by atoms with Crippen molar-refractivity contribution in [1.82, 2.24) is 10.6 Å². The molecule has 2 rings (SSSR count). The summed E-state index contributed by atoms with van der Waals surface area (Å²) in [7, 11) is 0. The van der Waals surface area contributed by atoms with E-state index in [1.807, 2.05) is 0 Å². The monoisotopic (exact) mass is 410 g/mol. The molecule has 2 aliphatic rings. The Bertz CT molecular complexity index is 536. The van der Waals surface area contributed by atoms with Crippen LogP contribution in [0.5, 0.6) is 0 Å². The number of hydrogen-bond donors (Lipinski definition) is 8. The van der Waals surface area contributed by atoms with Crippen LogP contribution in [0.4, 0.5) is 0 Å². The van der Waals surface area contributed by atoms with Gasteiger partial charge in [-0.05, 0) is 0 Å². The van der Waals surface area contributed by atoms with Crippen LogP contribution >= 0.6 is 0 Å². The van der Waals surface area contributed by atoms with Crippen molar-refractivity contribution in [1.29, 1.82) is 0 Å². The molecular formula is C15H26N2O11. The molecule has 162 valence electrons. The van der Waals surface area contributed by atoms with E-state index in [-0.39, 0.29) is 6.54 Å². The Labute approximate surface area is 159 Å². The van der Waals surface area contributed by atoms with Gasteiger partial charge < -0.3 is 55.5 Å². The van der Waals surface area contributed by atoms with E-state index in [1.54, 1.807) is 0 Å². The van der Waals surface area contributed by atoms with Crippen LogP contribution in [0.25, 0.3) is 0 Å². The summed E-state index contributed by atoms with van der Waals surface area (Å²) in [5.74, 6) is -0.567. The number of ether oxygens (including phenoxy) is 3. The Morgan fingerprint density at radius 3 is 2.29 bits per heavy atom. The van der Waals surface area contributed by atoms with Crippen molar-refractivity contribution in [3.8, 4) is 0 Å². The topological polar surface area (TPSA) is 207 Å². The van der Waals surface area contributed by atoms with E-state index in [4.69, 9.17) is 14.2 Å². The maximum absolute atomic E-state index is 11.3. The van der Waals surface area contributed by atoms with Crippen LogP contribution in [-0.2, 0) is 23.8 Å². The van der Waals surface area contributed by atoms with Crippen molar-refractivity contribution in [2.24, 2.45) is 0 Å². The standard InChI is InChI=1S/C15H26N2O11/c1-5(20)17-8-10(22)13(6(2-16-4-19)26-14(8)25)28-15-12(24)11(23)9(21)7(3-18)27-15/h4,6-15,18,21-25H,2-3H2,1H3,(H,16,19)(H,17,20)/t6-,7-,8-,9-,10+,11-,12-,13+,14+,15-/m0/s1. The first-order valence-electron chi connectivity index (χ1n) is 8.63. The van der Waals surface area contributed by atoms with Crippen LogP contribution in [0.3, 0.4) is 0 Å². The highest BCUT2D eigenvalue weighted by molar-refractivity contribution is 5.73. The molecule has 10 atom stereocenters. The summed E-state index contributed by atoms with van der Waals surface area (Å²) in [6, 6.07) is -1.29. The van der Waals surface area contributed by atoms with Crippen molar-refractivity contribution >= 4 is 12.3 Å². The van der Waals surface area contributed by atoms with Gasteiger partial charge in [0.25, 0.3) is 0 Å². The summed E-state index contributed by atoms with van der Waals surface area (Å²) in [5, 5.41) is 64.3. The van der Waals surface area contributed by atoms with Gasteiger partial charge in [-0.3, -0.25) is 9.59 Å². The lowest BCUT2D eigenvalue weighted by Crippen LogP contribution is -2.67. The fourth-order valence-corrected chi connectivity index (χ4v) is 3.16. The Morgan fingerprint density at radius 2 is 1.71 bits per heavy atom.